The fraction of sp³-hybridized carbons (Fsp3) is 0.250. The predicted octanol–water partition coefficient (Wildman–Crippen LogP) is 5.66. The minimum Gasteiger partial charge on any atom is -0.370 e. The van der Waals surface area contributed by atoms with Crippen LogP contribution in [0.25, 0.3) is 22.6 Å². The van der Waals surface area contributed by atoms with Crippen LogP contribution < -0.4 is 11.1 Å². The third-order valence-electron chi connectivity index (χ3n) is 6.03. The standard InChI is InChI=1S/C24H21F4N7OS/c25-18-8-5-14(24(26,27)28)10-17(18)19-12-37-23(32-19)31-15-6-3-13(4-7-15)21-33-20(36-34-21)11-16-2-1-9-35(16)22(29)30/h3-8,10,12,16H,1-2,9,11H2,(H3,29,30)(H,31,32)/t16-/m0/s1. The van der Waals surface area contributed by atoms with Crippen molar-refractivity contribution in [3.8, 4) is 22.6 Å². The van der Waals surface area contributed by atoms with Gasteiger partial charge in [-0.25, -0.2) is 9.37 Å². The summed E-state index contributed by atoms with van der Waals surface area (Å²) in [6, 6.07) is 9.42. The maximum absolute atomic E-state index is 14.2. The molecule has 0 saturated carbocycles. The van der Waals surface area contributed by atoms with E-state index in [1.54, 1.807) is 24.3 Å². The number of nitrogens with two attached hydrogens (primary N) is 1. The van der Waals surface area contributed by atoms with Crippen molar-refractivity contribution in [2.45, 2.75) is 31.5 Å². The Labute approximate surface area is 212 Å². The highest BCUT2D eigenvalue weighted by atomic mass is 32.1. The lowest BCUT2D eigenvalue weighted by Crippen LogP contribution is -2.41. The number of likely N-dealkylation sites (tertiary alicyclic amines) is 1. The van der Waals surface area contributed by atoms with Gasteiger partial charge in [0, 0.05) is 41.2 Å². The summed E-state index contributed by atoms with van der Waals surface area (Å²) in [6.45, 7) is 0.741. The number of rotatable bonds is 6. The topological polar surface area (TPSA) is 117 Å². The van der Waals surface area contributed by atoms with Crippen LogP contribution in [-0.2, 0) is 12.6 Å². The van der Waals surface area contributed by atoms with E-state index in [-0.39, 0.29) is 23.3 Å². The molecule has 0 bridgehead atoms. The fourth-order valence-electron chi connectivity index (χ4n) is 4.20. The maximum Gasteiger partial charge on any atom is 0.416 e. The number of thiazole rings is 1. The first-order valence-electron chi connectivity index (χ1n) is 11.3. The number of alkyl halides is 3. The Morgan fingerprint density at radius 3 is 2.70 bits per heavy atom. The van der Waals surface area contributed by atoms with E-state index < -0.39 is 17.6 Å². The van der Waals surface area contributed by atoms with Crippen molar-refractivity contribution in [2.75, 3.05) is 11.9 Å². The number of hydrogen-bond acceptors (Lipinski definition) is 7. The highest BCUT2D eigenvalue weighted by Gasteiger charge is 2.31. The van der Waals surface area contributed by atoms with Gasteiger partial charge in [-0.3, -0.25) is 5.41 Å². The molecule has 4 N–H and O–H groups in total. The van der Waals surface area contributed by atoms with Crippen molar-refractivity contribution in [3.05, 3.63) is 65.1 Å². The number of benzene rings is 2. The van der Waals surface area contributed by atoms with E-state index >= 15 is 0 Å². The normalized spacial score (nSPS) is 15.8. The van der Waals surface area contributed by atoms with Gasteiger partial charge in [-0.15, -0.1) is 11.3 Å². The molecule has 2 aromatic heterocycles. The molecule has 4 aromatic rings. The second-order valence-corrected chi connectivity index (χ2v) is 9.38. The quantitative estimate of drug-likeness (QED) is 0.167. The minimum absolute atomic E-state index is 0.0395. The van der Waals surface area contributed by atoms with Gasteiger partial charge in [0.05, 0.1) is 11.3 Å². The van der Waals surface area contributed by atoms with Gasteiger partial charge in [0.2, 0.25) is 11.7 Å². The average molecular weight is 532 g/mol. The maximum atomic E-state index is 14.2. The van der Waals surface area contributed by atoms with Crippen molar-refractivity contribution in [2.24, 2.45) is 5.73 Å². The summed E-state index contributed by atoms with van der Waals surface area (Å²) < 4.78 is 58.6. The van der Waals surface area contributed by atoms with E-state index in [1.807, 2.05) is 4.90 Å². The van der Waals surface area contributed by atoms with E-state index in [2.05, 4.69) is 20.4 Å². The monoisotopic (exact) mass is 531 g/mol. The van der Waals surface area contributed by atoms with Crippen molar-refractivity contribution < 1.29 is 22.1 Å². The Balaban J connectivity index is 1.26. The zero-order chi connectivity index (χ0) is 26.2. The highest BCUT2D eigenvalue weighted by Crippen LogP contribution is 2.35. The molecular formula is C24H21F4N7OS. The molecule has 1 aliphatic rings. The average Bonchev–Trinajstić information content (AvgIpc) is 3.61. The first kappa shape index (κ1) is 24.7. The van der Waals surface area contributed by atoms with Crippen LogP contribution in [0.1, 0.15) is 24.3 Å². The van der Waals surface area contributed by atoms with Crippen LogP contribution in [-0.4, -0.2) is 38.6 Å². The molecule has 1 aliphatic heterocycles. The number of hydrogen-bond donors (Lipinski definition) is 3. The van der Waals surface area contributed by atoms with Gasteiger partial charge < -0.3 is 20.5 Å². The van der Waals surface area contributed by atoms with E-state index in [0.29, 0.717) is 35.0 Å². The third kappa shape index (κ3) is 5.40. The third-order valence-corrected chi connectivity index (χ3v) is 6.79. The summed E-state index contributed by atoms with van der Waals surface area (Å²) >= 11 is 1.14. The van der Waals surface area contributed by atoms with Crippen LogP contribution in [0.4, 0.5) is 28.4 Å². The number of anilines is 2. The zero-order valence-corrected chi connectivity index (χ0v) is 20.0. The van der Waals surface area contributed by atoms with Gasteiger partial charge in [0.25, 0.3) is 0 Å². The summed E-state index contributed by atoms with van der Waals surface area (Å²) in [5, 5.41) is 16.7. The van der Waals surface area contributed by atoms with Crippen LogP contribution in [0, 0.1) is 11.2 Å². The molecule has 1 fully saturated rings. The molecule has 0 spiro atoms. The van der Waals surface area contributed by atoms with Gasteiger partial charge in [-0.05, 0) is 55.3 Å². The fourth-order valence-corrected chi connectivity index (χ4v) is 4.93. The molecule has 5 rings (SSSR count). The smallest absolute Gasteiger partial charge is 0.370 e. The van der Waals surface area contributed by atoms with Gasteiger partial charge in [0.15, 0.2) is 11.1 Å². The Bertz CT molecular complexity index is 1420. The zero-order valence-electron chi connectivity index (χ0n) is 19.2. The molecule has 37 heavy (non-hydrogen) atoms. The Kier molecular flexibility index (Phi) is 6.54. The minimum atomic E-state index is -4.58. The van der Waals surface area contributed by atoms with Gasteiger partial charge in [-0.1, -0.05) is 5.16 Å². The molecule has 3 heterocycles. The SMILES string of the molecule is N=C(N)N1CCC[C@H]1Cc1nc(-c2ccc(Nc3nc(-c4cc(C(F)(F)F)ccc4F)cs3)cc2)no1. The number of nitrogens with one attached hydrogen (secondary N) is 2. The van der Waals surface area contributed by atoms with Crippen LogP contribution in [0.3, 0.4) is 0 Å². The first-order chi connectivity index (χ1) is 17.7. The summed E-state index contributed by atoms with van der Waals surface area (Å²) in [6.07, 6.45) is -2.22. The highest BCUT2D eigenvalue weighted by molar-refractivity contribution is 7.14. The number of aromatic nitrogens is 3. The van der Waals surface area contributed by atoms with Crippen molar-refractivity contribution in [1.82, 2.24) is 20.0 Å². The Morgan fingerprint density at radius 2 is 1.97 bits per heavy atom. The summed E-state index contributed by atoms with van der Waals surface area (Å²) in [5.41, 5.74) is 5.99. The molecule has 2 aromatic carbocycles. The molecule has 0 amide bonds. The molecule has 8 nitrogen and oxygen atoms in total. The summed E-state index contributed by atoms with van der Waals surface area (Å²) in [5.74, 6) is 0.145. The van der Waals surface area contributed by atoms with Crippen LogP contribution in [0.15, 0.2) is 52.4 Å². The Hall–Kier alpha value is -4.00. The Morgan fingerprint density at radius 1 is 1.19 bits per heavy atom. The van der Waals surface area contributed by atoms with Crippen molar-refractivity contribution >= 4 is 28.1 Å². The van der Waals surface area contributed by atoms with Crippen LogP contribution >= 0.6 is 11.3 Å². The molecule has 0 unspecified atom stereocenters. The van der Waals surface area contributed by atoms with Crippen molar-refractivity contribution in [1.29, 1.82) is 5.41 Å². The summed E-state index contributed by atoms with van der Waals surface area (Å²) in [7, 11) is 0. The molecule has 1 saturated heterocycles. The van der Waals surface area contributed by atoms with Gasteiger partial charge >= 0.3 is 6.18 Å². The summed E-state index contributed by atoms with van der Waals surface area (Å²) in [4.78, 5) is 10.5. The lowest BCUT2D eigenvalue weighted by molar-refractivity contribution is -0.137. The van der Waals surface area contributed by atoms with E-state index in [9.17, 15) is 17.6 Å². The number of guanidine groups is 1. The molecule has 1 atom stereocenters. The molecule has 13 heteroatoms. The van der Waals surface area contributed by atoms with Gasteiger partial charge in [-0.2, -0.15) is 18.2 Å². The number of halogens is 4. The van der Waals surface area contributed by atoms with Gasteiger partial charge in [0.1, 0.15) is 5.82 Å². The van der Waals surface area contributed by atoms with E-state index in [1.165, 1.54) is 5.38 Å². The largest absolute Gasteiger partial charge is 0.416 e. The molecular weight excluding hydrogens is 510 g/mol. The second kappa shape index (κ2) is 9.81. The van der Waals surface area contributed by atoms with Crippen LogP contribution in [0.2, 0.25) is 0 Å². The van der Waals surface area contributed by atoms with Crippen molar-refractivity contribution in [3.63, 3.8) is 0 Å². The first-order valence-corrected chi connectivity index (χ1v) is 12.2. The predicted molar refractivity (Wildman–Crippen MR) is 131 cm³/mol. The lowest BCUT2D eigenvalue weighted by atomic mass is 10.1. The molecule has 0 radical (unpaired) electrons. The van der Waals surface area contributed by atoms with Crippen LogP contribution in [0.5, 0.6) is 0 Å². The lowest BCUT2D eigenvalue weighted by Gasteiger charge is -2.23. The number of nitrogens with zero attached hydrogens (tertiary/aromatic N) is 4. The molecule has 0 aliphatic carbocycles. The molecule has 192 valence electrons. The van der Waals surface area contributed by atoms with E-state index in [0.717, 1.165) is 48.4 Å². The second-order valence-electron chi connectivity index (χ2n) is 8.52. The van der Waals surface area contributed by atoms with E-state index in [4.69, 9.17) is 15.7 Å².